The molecule has 1 N–H and O–H groups in total. The molecule has 1 amide bonds. The molecule has 0 radical (unpaired) electrons. The molecule has 0 fully saturated rings. The minimum Gasteiger partial charge on any atom is -0.484 e. The van der Waals surface area contributed by atoms with E-state index in [0.29, 0.717) is 26.8 Å². The third-order valence-corrected chi connectivity index (χ3v) is 5.41. The highest BCUT2D eigenvalue weighted by molar-refractivity contribution is 7.99. The zero-order valence-corrected chi connectivity index (χ0v) is 17.6. The van der Waals surface area contributed by atoms with E-state index in [9.17, 15) is 4.79 Å². The summed E-state index contributed by atoms with van der Waals surface area (Å²) in [4.78, 5) is 12.1. The molecular weight excluding hydrogens is 419 g/mol. The number of nitrogens with zero attached hydrogens (tertiary/aromatic N) is 3. The van der Waals surface area contributed by atoms with Gasteiger partial charge in [0, 0.05) is 23.8 Å². The number of benzene rings is 2. The van der Waals surface area contributed by atoms with Crippen molar-refractivity contribution in [2.75, 3.05) is 11.1 Å². The summed E-state index contributed by atoms with van der Waals surface area (Å²) in [6, 6.07) is 12.6. The molecule has 0 atom stereocenters. The number of aryl methyl sites for hydroxylation is 1. The van der Waals surface area contributed by atoms with E-state index in [-0.39, 0.29) is 18.3 Å². The summed E-state index contributed by atoms with van der Waals surface area (Å²) in [6.45, 7) is 2.18. The maximum atomic E-state index is 12.1. The standard InChI is InChI=1S/C19H18Cl2N4O2S/c1-12-3-6-14(7-4-12)22-18(26)11-28-19-24-23-17(25(19)2)10-27-16-9-13(20)5-8-15(16)21/h3-9H,10-11H2,1-2H3,(H,22,26). The highest BCUT2D eigenvalue weighted by Crippen LogP contribution is 2.28. The SMILES string of the molecule is Cc1ccc(NC(=O)CSc2nnc(COc3cc(Cl)ccc3Cl)n2C)cc1. The summed E-state index contributed by atoms with van der Waals surface area (Å²) in [7, 11) is 1.82. The highest BCUT2D eigenvalue weighted by Gasteiger charge is 2.13. The van der Waals surface area contributed by atoms with Crippen molar-refractivity contribution in [1.82, 2.24) is 14.8 Å². The van der Waals surface area contributed by atoms with Crippen LogP contribution in [0, 0.1) is 6.92 Å². The molecule has 0 aliphatic rings. The Labute approximate surface area is 177 Å². The minimum atomic E-state index is -0.111. The van der Waals surface area contributed by atoms with Crippen molar-refractivity contribution in [3.8, 4) is 5.75 Å². The fourth-order valence-corrected chi connectivity index (χ4v) is 3.35. The van der Waals surface area contributed by atoms with Crippen LogP contribution in [-0.4, -0.2) is 26.4 Å². The highest BCUT2D eigenvalue weighted by atomic mass is 35.5. The second-order valence-electron chi connectivity index (χ2n) is 6.02. The number of amides is 1. The predicted molar refractivity (Wildman–Crippen MR) is 112 cm³/mol. The van der Waals surface area contributed by atoms with E-state index in [0.717, 1.165) is 11.3 Å². The molecule has 0 aliphatic carbocycles. The number of hydrogen-bond donors (Lipinski definition) is 1. The molecule has 9 heteroatoms. The first-order chi connectivity index (χ1) is 13.4. The zero-order valence-electron chi connectivity index (χ0n) is 15.3. The lowest BCUT2D eigenvalue weighted by Crippen LogP contribution is -2.14. The number of nitrogens with one attached hydrogen (secondary N) is 1. The largest absolute Gasteiger partial charge is 0.484 e. The van der Waals surface area contributed by atoms with Crippen molar-refractivity contribution in [3.05, 3.63) is 63.9 Å². The zero-order chi connectivity index (χ0) is 20.1. The minimum absolute atomic E-state index is 0.111. The maximum Gasteiger partial charge on any atom is 0.234 e. The number of hydrogen-bond acceptors (Lipinski definition) is 5. The van der Waals surface area contributed by atoms with Gasteiger partial charge < -0.3 is 14.6 Å². The summed E-state index contributed by atoms with van der Waals surface area (Å²) < 4.78 is 7.46. The molecule has 1 heterocycles. The number of carbonyl (C=O) groups excluding carboxylic acids is 1. The molecule has 0 bridgehead atoms. The molecule has 3 rings (SSSR count). The summed E-state index contributed by atoms with van der Waals surface area (Å²) in [5.41, 5.74) is 1.90. The van der Waals surface area contributed by atoms with Crippen LogP contribution in [0.15, 0.2) is 47.6 Å². The molecule has 1 aromatic heterocycles. The number of thioether (sulfide) groups is 1. The van der Waals surface area contributed by atoms with Gasteiger partial charge in [0.25, 0.3) is 0 Å². The van der Waals surface area contributed by atoms with Crippen LogP contribution in [0.25, 0.3) is 0 Å². The van der Waals surface area contributed by atoms with Gasteiger partial charge in [-0.2, -0.15) is 0 Å². The van der Waals surface area contributed by atoms with Gasteiger partial charge in [-0.3, -0.25) is 4.79 Å². The van der Waals surface area contributed by atoms with Crippen molar-refractivity contribution in [2.24, 2.45) is 7.05 Å². The van der Waals surface area contributed by atoms with Gasteiger partial charge in [0.1, 0.15) is 12.4 Å². The van der Waals surface area contributed by atoms with Crippen LogP contribution in [0.1, 0.15) is 11.4 Å². The Hall–Kier alpha value is -2.22. The van der Waals surface area contributed by atoms with Crippen molar-refractivity contribution >= 4 is 46.6 Å². The van der Waals surface area contributed by atoms with Crippen LogP contribution in [0.5, 0.6) is 5.75 Å². The van der Waals surface area contributed by atoms with Crippen LogP contribution >= 0.6 is 35.0 Å². The van der Waals surface area contributed by atoms with Crippen LogP contribution in [0.3, 0.4) is 0 Å². The van der Waals surface area contributed by atoms with E-state index in [1.54, 1.807) is 22.8 Å². The second kappa shape index (κ2) is 9.32. The third-order valence-electron chi connectivity index (χ3n) is 3.84. The van der Waals surface area contributed by atoms with E-state index < -0.39 is 0 Å². The van der Waals surface area contributed by atoms with Crippen molar-refractivity contribution in [1.29, 1.82) is 0 Å². The van der Waals surface area contributed by atoms with Crippen molar-refractivity contribution in [3.63, 3.8) is 0 Å². The lowest BCUT2D eigenvalue weighted by molar-refractivity contribution is -0.113. The van der Waals surface area contributed by atoms with E-state index in [2.05, 4.69) is 15.5 Å². The molecule has 0 saturated heterocycles. The van der Waals surface area contributed by atoms with E-state index in [1.807, 2.05) is 38.2 Å². The normalized spacial score (nSPS) is 10.7. The van der Waals surface area contributed by atoms with Crippen LogP contribution in [-0.2, 0) is 18.4 Å². The lowest BCUT2D eigenvalue weighted by atomic mass is 10.2. The second-order valence-corrected chi connectivity index (χ2v) is 7.81. The topological polar surface area (TPSA) is 69.0 Å². The van der Waals surface area contributed by atoms with Gasteiger partial charge in [0.05, 0.1) is 10.8 Å². The maximum absolute atomic E-state index is 12.1. The molecule has 0 saturated carbocycles. The molecule has 0 spiro atoms. The number of aromatic nitrogens is 3. The number of halogens is 2. The van der Waals surface area contributed by atoms with Gasteiger partial charge in [-0.15, -0.1) is 10.2 Å². The van der Waals surface area contributed by atoms with Gasteiger partial charge in [0.15, 0.2) is 11.0 Å². The van der Waals surface area contributed by atoms with Gasteiger partial charge in [-0.1, -0.05) is 52.7 Å². The Balaban J connectivity index is 1.54. The van der Waals surface area contributed by atoms with Gasteiger partial charge >= 0.3 is 0 Å². The summed E-state index contributed by atoms with van der Waals surface area (Å²) in [5, 5.41) is 12.7. The first-order valence-corrected chi connectivity index (χ1v) is 10.1. The number of anilines is 1. The average molecular weight is 437 g/mol. The van der Waals surface area contributed by atoms with E-state index in [4.69, 9.17) is 27.9 Å². The molecule has 28 heavy (non-hydrogen) atoms. The Morgan fingerprint density at radius 1 is 1.18 bits per heavy atom. The molecule has 2 aromatic carbocycles. The molecule has 146 valence electrons. The van der Waals surface area contributed by atoms with Crippen molar-refractivity contribution in [2.45, 2.75) is 18.7 Å². The quantitative estimate of drug-likeness (QED) is 0.541. The summed E-state index contributed by atoms with van der Waals surface area (Å²) in [6.07, 6.45) is 0. The predicted octanol–water partition coefficient (Wildman–Crippen LogP) is 4.74. The van der Waals surface area contributed by atoms with Crippen LogP contribution in [0.4, 0.5) is 5.69 Å². The molecule has 0 aliphatic heterocycles. The van der Waals surface area contributed by atoms with Gasteiger partial charge in [0.2, 0.25) is 5.91 Å². The Morgan fingerprint density at radius 3 is 2.68 bits per heavy atom. The molecular formula is C19H18Cl2N4O2S. The average Bonchev–Trinajstić information content (AvgIpc) is 3.02. The Kier molecular flexibility index (Phi) is 6.83. The number of carbonyl (C=O) groups is 1. The van der Waals surface area contributed by atoms with Crippen molar-refractivity contribution < 1.29 is 9.53 Å². The number of ether oxygens (including phenoxy) is 1. The first-order valence-electron chi connectivity index (χ1n) is 8.38. The first kappa shape index (κ1) is 20.5. The van der Waals surface area contributed by atoms with Gasteiger partial charge in [-0.25, -0.2) is 0 Å². The number of rotatable bonds is 7. The lowest BCUT2D eigenvalue weighted by Gasteiger charge is -2.08. The van der Waals surface area contributed by atoms with Crippen LogP contribution in [0.2, 0.25) is 10.0 Å². The Morgan fingerprint density at radius 2 is 1.93 bits per heavy atom. The van der Waals surface area contributed by atoms with Gasteiger partial charge in [-0.05, 0) is 31.2 Å². The Bertz CT molecular complexity index is 977. The molecule has 6 nitrogen and oxygen atoms in total. The summed E-state index contributed by atoms with van der Waals surface area (Å²) >= 11 is 13.3. The van der Waals surface area contributed by atoms with Crippen LogP contribution < -0.4 is 10.1 Å². The fourth-order valence-electron chi connectivity index (χ4n) is 2.29. The van der Waals surface area contributed by atoms with E-state index >= 15 is 0 Å². The van der Waals surface area contributed by atoms with E-state index in [1.165, 1.54) is 11.8 Å². The molecule has 3 aromatic rings. The third kappa shape index (κ3) is 5.41. The smallest absolute Gasteiger partial charge is 0.234 e. The fraction of sp³-hybridized carbons (Fsp3) is 0.211. The monoisotopic (exact) mass is 436 g/mol. The molecule has 0 unspecified atom stereocenters. The summed E-state index contributed by atoms with van der Waals surface area (Å²) in [5.74, 6) is 1.20.